The van der Waals surface area contributed by atoms with Gasteiger partial charge in [-0.25, -0.2) is 0 Å². The molecule has 2 rings (SSSR count). The summed E-state index contributed by atoms with van der Waals surface area (Å²) in [5.74, 6) is 0. The van der Waals surface area contributed by atoms with Gasteiger partial charge in [-0.2, -0.15) is 8.42 Å². The molecular weight excluding hydrogens is 278 g/mol. The highest BCUT2D eigenvalue weighted by Crippen LogP contribution is 2.25. The highest BCUT2D eigenvalue weighted by molar-refractivity contribution is 7.92. The van der Waals surface area contributed by atoms with Crippen molar-refractivity contribution in [1.29, 1.82) is 0 Å². The van der Waals surface area contributed by atoms with Crippen molar-refractivity contribution in [2.75, 3.05) is 4.72 Å². The Labute approximate surface area is 118 Å². The van der Waals surface area contributed by atoms with Crippen molar-refractivity contribution >= 4 is 15.7 Å². The molecule has 0 aliphatic heterocycles. The summed E-state index contributed by atoms with van der Waals surface area (Å²) in [6, 6.07) is 4.74. The van der Waals surface area contributed by atoms with Crippen LogP contribution in [0.5, 0.6) is 0 Å². The fourth-order valence-corrected chi connectivity index (χ4v) is 2.53. The van der Waals surface area contributed by atoms with Crippen LogP contribution in [0, 0.1) is 6.92 Å². The lowest BCUT2D eigenvalue weighted by Gasteiger charge is -2.12. The highest BCUT2D eigenvalue weighted by Gasteiger charge is 2.25. The number of rotatable bonds is 3. The molecule has 0 bridgehead atoms. The van der Waals surface area contributed by atoms with E-state index in [1.165, 1.54) is 6.07 Å². The van der Waals surface area contributed by atoms with Gasteiger partial charge in [-0.15, -0.1) is 0 Å². The molecule has 0 fully saturated rings. The van der Waals surface area contributed by atoms with Crippen LogP contribution in [0.3, 0.4) is 0 Å². The Bertz CT molecular complexity index is 714. The van der Waals surface area contributed by atoms with Gasteiger partial charge in [-0.1, -0.05) is 25.9 Å². The topological polar surface area (TPSA) is 85.1 Å². The SMILES string of the molecule is Cc1ncccc1NS(=O)(=O)c1cc(C(C)(C)C)no1. The molecule has 0 aromatic carbocycles. The second-order valence-electron chi connectivity index (χ2n) is 5.52. The van der Waals surface area contributed by atoms with Crippen molar-refractivity contribution in [3.63, 3.8) is 0 Å². The molecule has 0 saturated heterocycles. The van der Waals surface area contributed by atoms with E-state index >= 15 is 0 Å². The zero-order valence-corrected chi connectivity index (χ0v) is 12.7. The second kappa shape index (κ2) is 4.90. The van der Waals surface area contributed by atoms with E-state index in [0.29, 0.717) is 17.1 Å². The zero-order valence-electron chi connectivity index (χ0n) is 11.8. The monoisotopic (exact) mass is 295 g/mol. The fourth-order valence-electron chi connectivity index (χ4n) is 1.53. The number of hydrogen-bond acceptors (Lipinski definition) is 5. The fraction of sp³-hybridized carbons (Fsp3) is 0.385. The molecule has 0 radical (unpaired) electrons. The van der Waals surface area contributed by atoms with Gasteiger partial charge in [0, 0.05) is 17.7 Å². The molecule has 0 saturated carbocycles. The third-order valence-electron chi connectivity index (χ3n) is 2.77. The number of hydrogen-bond donors (Lipinski definition) is 1. The minimum atomic E-state index is -3.79. The molecule has 2 aromatic rings. The molecule has 2 heterocycles. The van der Waals surface area contributed by atoms with E-state index in [-0.39, 0.29) is 10.5 Å². The molecule has 1 N–H and O–H groups in total. The van der Waals surface area contributed by atoms with Crippen LogP contribution < -0.4 is 4.72 Å². The molecule has 2 aromatic heterocycles. The van der Waals surface area contributed by atoms with Crippen molar-refractivity contribution in [3.05, 3.63) is 35.8 Å². The average molecular weight is 295 g/mol. The maximum Gasteiger partial charge on any atom is 0.298 e. The standard InChI is InChI=1S/C13H17N3O3S/c1-9-10(6-5-7-14-9)16-20(17,18)12-8-11(15-19-12)13(2,3)4/h5-8,16H,1-4H3. The number of aryl methyl sites for hydroxylation is 1. The van der Waals surface area contributed by atoms with Gasteiger partial charge in [0.15, 0.2) is 0 Å². The maximum atomic E-state index is 12.2. The summed E-state index contributed by atoms with van der Waals surface area (Å²) in [5, 5.41) is 3.60. The van der Waals surface area contributed by atoms with Crippen LogP contribution in [0.25, 0.3) is 0 Å². The Morgan fingerprint density at radius 1 is 1.30 bits per heavy atom. The Hall–Kier alpha value is -1.89. The van der Waals surface area contributed by atoms with E-state index in [1.54, 1.807) is 25.3 Å². The predicted octanol–water partition coefficient (Wildman–Crippen LogP) is 2.48. The smallest absolute Gasteiger partial charge is 0.298 e. The number of anilines is 1. The summed E-state index contributed by atoms with van der Waals surface area (Å²) in [6.07, 6.45) is 1.60. The van der Waals surface area contributed by atoms with Crippen LogP contribution in [0.15, 0.2) is 34.0 Å². The number of nitrogens with zero attached hydrogens (tertiary/aromatic N) is 2. The van der Waals surface area contributed by atoms with Crippen LogP contribution in [0.2, 0.25) is 0 Å². The molecule has 0 aliphatic carbocycles. The highest BCUT2D eigenvalue weighted by atomic mass is 32.2. The third kappa shape index (κ3) is 2.98. The van der Waals surface area contributed by atoms with Crippen molar-refractivity contribution in [1.82, 2.24) is 10.1 Å². The Balaban J connectivity index is 2.32. The molecule has 6 nitrogen and oxygen atoms in total. The summed E-state index contributed by atoms with van der Waals surface area (Å²) in [7, 11) is -3.79. The molecule has 0 spiro atoms. The van der Waals surface area contributed by atoms with E-state index < -0.39 is 10.0 Å². The van der Waals surface area contributed by atoms with E-state index in [1.807, 2.05) is 20.8 Å². The van der Waals surface area contributed by atoms with Crippen LogP contribution in [0.4, 0.5) is 5.69 Å². The molecule has 108 valence electrons. The van der Waals surface area contributed by atoms with Crippen molar-refractivity contribution in [2.45, 2.75) is 38.2 Å². The van der Waals surface area contributed by atoms with Gasteiger partial charge >= 0.3 is 0 Å². The maximum absolute atomic E-state index is 12.2. The molecule has 0 unspecified atom stereocenters. The summed E-state index contributed by atoms with van der Waals surface area (Å²) in [5.41, 5.74) is 1.32. The van der Waals surface area contributed by atoms with Gasteiger partial charge in [0.1, 0.15) is 0 Å². The number of aromatic nitrogens is 2. The van der Waals surface area contributed by atoms with E-state index in [0.717, 1.165) is 0 Å². The first-order chi connectivity index (χ1) is 9.20. The molecular formula is C13H17N3O3S. The first kappa shape index (κ1) is 14.5. The van der Waals surface area contributed by atoms with E-state index in [9.17, 15) is 8.42 Å². The summed E-state index contributed by atoms with van der Waals surface area (Å²) < 4.78 is 31.8. The Morgan fingerprint density at radius 3 is 2.55 bits per heavy atom. The van der Waals surface area contributed by atoms with E-state index in [4.69, 9.17) is 4.52 Å². The average Bonchev–Trinajstić information content (AvgIpc) is 2.81. The number of sulfonamides is 1. The molecule has 20 heavy (non-hydrogen) atoms. The second-order valence-corrected chi connectivity index (χ2v) is 7.14. The number of pyridine rings is 1. The van der Waals surface area contributed by atoms with E-state index in [2.05, 4.69) is 14.9 Å². The van der Waals surface area contributed by atoms with Gasteiger partial charge in [0.05, 0.1) is 17.1 Å². The molecule has 0 aliphatic rings. The van der Waals surface area contributed by atoms with Crippen LogP contribution in [-0.2, 0) is 15.4 Å². The normalized spacial score (nSPS) is 12.4. The summed E-state index contributed by atoms with van der Waals surface area (Å²) >= 11 is 0. The van der Waals surface area contributed by atoms with Gasteiger partial charge in [-0.05, 0) is 19.1 Å². The van der Waals surface area contributed by atoms with Gasteiger partial charge in [0.2, 0.25) is 0 Å². The van der Waals surface area contributed by atoms with Gasteiger partial charge in [-0.3, -0.25) is 9.71 Å². The Morgan fingerprint density at radius 2 is 2.00 bits per heavy atom. The predicted molar refractivity (Wildman–Crippen MR) is 75.0 cm³/mol. The van der Waals surface area contributed by atoms with Crippen molar-refractivity contribution in [2.24, 2.45) is 0 Å². The summed E-state index contributed by atoms with van der Waals surface area (Å²) in [4.78, 5) is 4.03. The lowest BCUT2D eigenvalue weighted by Crippen LogP contribution is -2.14. The Kier molecular flexibility index (Phi) is 3.56. The van der Waals surface area contributed by atoms with Crippen LogP contribution in [0.1, 0.15) is 32.2 Å². The first-order valence-corrected chi connectivity index (χ1v) is 7.60. The summed E-state index contributed by atoms with van der Waals surface area (Å²) in [6.45, 7) is 7.51. The molecule has 7 heteroatoms. The lowest BCUT2D eigenvalue weighted by atomic mass is 9.93. The molecule has 0 atom stereocenters. The molecule has 0 amide bonds. The quantitative estimate of drug-likeness (QED) is 0.940. The third-order valence-corrected chi connectivity index (χ3v) is 3.98. The van der Waals surface area contributed by atoms with Crippen molar-refractivity contribution < 1.29 is 12.9 Å². The number of nitrogens with one attached hydrogen (secondary N) is 1. The van der Waals surface area contributed by atoms with Crippen LogP contribution in [-0.4, -0.2) is 18.6 Å². The van der Waals surface area contributed by atoms with Gasteiger partial charge in [0.25, 0.3) is 15.1 Å². The minimum absolute atomic E-state index is 0.203. The first-order valence-electron chi connectivity index (χ1n) is 6.12. The zero-order chi connectivity index (χ0) is 15.0. The van der Waals surface area contributed by atoms with Crippen molar-refractivity contribution in [3.8, 4) is 0 Å². The largest absolute Gasteiger partial charge is 0.342 e. The van der Waals surface area contributed by atoms with Crippen LogP contribution >= 0.6 is 0 Å². The minimum Gasteiger partial charge on any atom is -0.342 e. The lowest BCUT2D eigenvalue weighted by molar-refractivity contribution is 0.327. The van der Waals surface area contributed by atoms with Gasteiger partial charge < -0.3 is 4.52 Å².